The van der Waals surface area contributed by atoms with Crippen LogP contribution in [0.5, 0.6) is 0 Å². The Labute approximate surface area is 131 Å². The van der Waals surface area contributed by atoms with Crippen LogP contribution >= 0.6 is 0 Å². The normalized spacial score (nSPS) is 14.2. The van der Waals surface area contributed by atoms with Crippen molar-refractivity contribution in [1.29, 1.82) is 0 Å². The van der Waals surface area contributed by atoms with E-state index in [1.54, 1.807) is 0 Å². The molecular formula is C8H3BF3KO3. The first kappa shape index (κ1) is 13.9. The molecule has 2 rings (SSSR count). The van der Waals surface area contributed by atoms with Crippen molar-refractivity contribution in [2.75, 3.05) is 0 Å². The Hall–Kier alpha value is -0.149. The minimum atomic E-state index is -5.17. The predicted octanol–water partition coefficient (Wildman–Crippen LogP) is -1.94. The second kappa shape index (κ2) is 4.61. The first-order chi connectivity index (χ1) is 6.89. The molecule has 78 valence electrons. The number of hydrogen-bond acceptors (Lipinski definition) is 3. The van der Waals surface area contributed by atoms with Gasteiger partial charge in [0, 0.05) is 0 Å². The van der Waals surface area contributed by atoms with Crippen molar-refractivity contribution in [1.82, 2.24) is 0 Å². The predicted molar refractivity (Wildman–Crippen MR) is 44.9 cm³/mol. The fourth-order valence-corrected chi connectivity index (χ4v) is 1.31. The molecule has 1 aromatic carbocycles. The summed E-state index contributed by atoms with van der Waals surface area (Å²) in [5.74, 6) is -1.94. The summed E-state index contributed by atoms with van der Waals surface area (Å²) in [6.45, 7) is -5.17. The average Bonchev–Trinajstić information content (AvgIpc) is 2.41. The summed E-state index contributed by atoms with van der Waals surface area (Å²) in [7, 11) is 0. The zero-order valence-electron chi connectivity index (χ0n) is 8.17. The smallest absolute Gasteiger partial charge is 0.445 e. The van der Waals surface area contributed by atoms with E-state index in [-0.39, 0.29) is 62.5 Å². The van der Waals surface area contributed by atoms with Gasteiger partial charge in [-0.3, -0.25) is 0 Å². The van der Waals surface area contributed by atoms with Gasteiger partial charge in [0.1, 0.15) is 0 Å². The van der Waals surface area contributed by atoms with Crippen LogP contribution in [-0.2, 0) is 4.74 Å². The third-order valence-electron chi connectivity index (χ3n) is 2.05. The number of fused-ring (bicyclic) bond motifs is 1. The summed E-state index contributed by atoms with van der Waals surface area (Å²) in [4.78, 5) is 21.9. The van der Waals surface area contributed by atoms with Gasteiger partial charge in [0.05, 0.1) is 11.1 Å². The molecule has 0 saturated carbocycles. The van der Waals surface area contributed by atoms with Gasteiger partial charge in [-0.1, -0.05) is 12.1 Å². The molecule has 8 heteroatoms. The third-order valence-corrected chi connectivity index (χ3v) is 2.05. The zero-order valence-corrected chi connectivity index (χ0v) is 11.3. The number of esters is 2. The van der Waals surface area contributed by atoms with E-state index in [1.807, 2.05) is 0 Å². The first-order valence-electron chi connectivity index (χ1n) is 4.00. The molecule has 0 saturated heterocycles. The Morgan fingerprint density at radius 3 is 2.12 bits per heavy atom. The van der Waals surface area contributed by atoms with Crippen LogP contribution in [0.4, 0.5) is 12.9 Å². The Bertz CT molecular complexity index is 472. The van der Waals surface area contributed by atoms with Crippen LogP contribution in [0.3, 0.4) is 0 Å². The maximum Gasteiger partial charge on any atom is 1.00 e. The Kier molecular flexibility index (Phi) is 4.01. The molecule has 0 radical (unpaired) electrons. The van der Waals surface area contributed by atoms with E-state index < -0.39 is 24.4 Å². The molecule has 1 heterocycles. The van der Waals surface area contributed by atoms with Gasteiger partial charge in [-0.05, 0) is 6.07 Å². The summed E-state index contributed by atoms with van der Waals surface area (Å²) in [6, 6.07) is 2.36. The van der Waals surface area contributed by atoms with E-state index in [9.17, 15) is 22.5 Å². The van der Waals surface area contributed by atoms with Crippen LogP contribution < -0.4 is 56.8 Å². The third kappa shape index (κ3) is 2.40. The Morgan fingerprint density at radius 1 is 1.00 bits per heavy atom. The Morgan fingerprint density at radius 2 is 1.56 bits per heavy atom. The minimum absolute atomic E-state index is 0. The molecule has 1 aliphatic heterocycles. The molecule has 3 nitrogen and oxygen atoms in total. The van der Waals surface area contributed by atoms with E-state index in [0.717, 1.165) is 12.1 Å². The molecule has 0 unspecified atom stereocenters. The van der Waals surface area contributed by atoms with Gasteiger partial charge in [-0.2, -0.15) is 0 Å². The van der Waals surface area contributed by atoms with Crippen molar-refractivity contribution in [2.24, 2.45) is 0 Å². The zero-order chi connectivity index (χ0) is 11.2. The quantitative estimate of drug-likeness (QED) is 0.332. The molecule has 0 spiro atoms. The SMILES string of the molecule is O=C1OC(=O)c2cc([B-](F)(F)F)ccc21.[K+]. The molecule has 0 atom stereocenters. The molecule has 0 aliphatic carbocycles. The van der Waals surface area contributed by atoms with E-state index in [1.165, 1.54) is 0 Å². The van der Waals surface area contributed by atoms with Crippen molar-refractivity contribution in [3.8, 4) is 0 Å². The van der Waals surface area contributed by atoms with Crippen LogP contribution in [-0.4, -0.2) is 18.9 Å². The number of benzene rings is 1. The number of hydrogen-bond donors (Lipinski definition) is 0. The summed E-state index contributed by atoms with van der Waals surface area (Å²) in [6.07, 6.45) is 0. The van der Waals surface area contributed by atoms with Crippen molar-refractivity contribution in [3.63, 3.8) is 0 Å². The maximum atomic E-state index is 12.3. The monoisotopic (exact) mass is 254 g/mol. The van der Waals surface area contributed by atoms with Crippen LogP contribution in [0.2, 0.25) is 0 Å². The number of rotatable bonds is 1. The van der Waals surface area contributed by atoms with Gasteiger partial charge >= 0.3 is 70.3 Å². The van der Waals surface area contributed by atoms with Crippen LogP contribution in [0.25, 0.3) is 0 Å². The van der Waals surface area contributed by atoms with Gasteiger partial charge in [0.2, 0.25) is 0 Å². The fraction of sp³-hybridized carbons (Fsp3) is 0. The van der Waals surface area contributed by atoms with Gasteiger partial charge in [-0.15, -0.1) is 5.46 Å². The first-order valence-corrected chi connectivity index (χ1v) is 4.00. The van der Waals surface area contributed by atoms with Crippen LogP contribution in [0, 0.1) is 0 Å². The second-order valence-electron chi connectivity index (χ2n) is 3.06. The summed E-state index contributed by atoms with van der Waals surface area (Å²) < 4.78 is 41.1. The molecule has 0 fully saturated rings. The van der Waals surface area contributed by atoms with E-state index >= 15 is 0 Å². The molecule has 16 heavy (non-hydrogen) atoms. The number of ether oxygens (including phenoxy) is 1. The number of cyclic esters (lactones) is 2. The molecular weight excluding hydrogens is 251 g/mol. The van der Waals surface area contributed by atoms with E-state index in [4.69, 9.17) is 0 Å². The molecule has 0 N–H and O–H groups in total. The van der Waals surface area contributed by atoms with Gasteiger partial charge in [-0.25, -0.2) is 9.59 Å². The molecule has 1 aliphatic rings. The van der Waals surface area contributed by atoms with Crippen LogP contribution in [0.15, 0.2) is 18.2 Å². The molecule has 0 bridgehead atoms. The van der Waals surface area contributed by atoms with E-state index in [2.05, 4.69) is 4.74 Å². The standard InChI is InChI=1S/C8H3BF3O3.K/c10-9(11,12)4-1-2-5-6(3-4)8(14)15-7(5)13;/h1-3H;/q-1;+1. The second-order valence-corrected chi connectivity index (χ2v) is 3.06. The minimum Gasteiger partial charge on any atom is -0.445 e. The van der Waals surface area contributed by atoms with Crippen molar-refractivity contribution in [3.05, 3.63) is 29.3 Å². The summed E-state index contributed by atoms with van der Waals surface area (Å²) in [5, 5.41) is 0. The summed E-state index contributed by atoms with van der Waals surface area (Å²) >= 11 is 0. The van der Waals surface area contributed by atoms with Crippen molar-refractivity contribution >= 4 is 24.4 Å². The van der Waals surface area contributed by atoms with E-state index in [0.29, 0.717) is 6.07 Å². The van der Waals surface area contributed by atoms with Gasteiger partial charge in [0.25, 0.3) is 0 Å². The fourth-order valence-electron chi connectivity index (χ4n) is 1.31. The van der Waals surface area contributed by atoms with Crippen LogP contribution in [0.1, 0.15) is 20.7 Å². The summed E-state index contributed by atoms with van der Waals surface area (Å²) in [5.41, 5.74) is -1.36. The maximum absolute atomic E-state index is 12.3. The van der Waals surface area contributed by atoms with Gasteiger partial charge in [0.15, 0.2) is 0 Å². The topological polar surface area (TPSA) is 43.4 Å². The largest absolute Gasteiger partial charge is 1.00 e. The molecule has 1 aromatic rings. The van der Waals surface area contributed by atoms with Crippen molar-refractivity contribution in [2.45, 2.75) is 0 Å². The molecule has 0 amide bonds. The Balaban J connectivity index is 0.00000128. The van der Waals surface area contributed by atoms with Crippen molar-refractivity contribution < 1.29 is 78.7 Å². The number of carbonyl (C=O) groups excluding carboxylic acids is 2. The molecule has 0 aromatic heterocycles. The average molecular weight is 254 g/mol. The number of halogens is 3. The van der Waals surface area contributed by atoms with Gasteiger partial charge < -0.3 is 17.7 Å². The number of carbonyl (C=O) groups is 2.